The first-order valence-electron chi connectivity index (χ1n) is 13.5. The Hall–Kier alpha value is -1.10. The predicted molar refractivity (Wildman–Crippen MR) is 127 cm³/mol. The molecule has 0 bridgehead atoms. The maximum Gasteiger partial charge on any atom is 0.302 e. The zero-order valence-corrected chi connectivity index (χ0v) is 21.6. The number of hydrogen-bond donors (Lipinski definition) is 1. The van der Waals surface area contributed by atoms with Crippen molar-refractivity contribution in [1.29, 1.82) is 0 Å². The second-order valence-corrected chi connectivity index (χ2v) is 12.4. The van der Waals surface area contributed by atoms with Crippen LogP contribution in [-0.4, -0.2) is 35.4 Å². The van der Waals surface area contributed by atoms with Crippen LogP contribution in [0, 0.1) is 46.3 Å². The zero-order chi connectivity index (χ0) is 24.1. The number of aliphatic hydroxyl groups is 1. The van der Waals surface area contributed by atoms with Crippen LogP contribution in [0.4, 0.5) is 0 Å². The number of carbonyl (C=O) groups is 2. The van der Waals surface area contributed by atoms with Crippen LogP contribution in [0.1, 0.15) is 99.3 Å². The molecule has 0 aliphatic heterocycles. The molecule has 4 aliphatic carbocycles. The van der Waals surface area contributed by atoms with Gasteiger partial charge in [-0.15, -0.1) is 0 Å². The Morgan fingerprint density at radius 2 is 1.79 bits per heavy atom. The average Bonchev–Trinajstić information content (AvgIpc) is 3.00. The maximum absolute atomic E-state index is 12.1. The van der Waals surface area contributed by atoms with E-state index in [9.17, 15) is 14.7 Å². The third-order valence-corrected chi connectivity index (χ3v) is 10.9. The summed E-state index contributed by atoms with van der Waals surface area (Å²) in [5.41, 5.74) is 0.180. The molecule has 5 heteroatoms. The highest BCUT2D eigenvalue weighted by molar-refractivity contribution is 5.66. The number of esters is 2. The highest BCUT2D eigenvalue weighted by Gasteiger charge is 2.65. The SMILES string of the molecule is CCCC(OC(C)=O)[C@@H]1C[C@H](OC(C)=O)[C@@]2(C)CC[C@H]3[C@@H](CC[C@H]4C[C@H](O)C[C@H](C)[C@@]43C)[C@H]12. The second kappa shape index (κ2) is 9.17. The summed E-state index contributed by atoms with van der Waals surface area (Å²) in [5, 5.41) is 10.5. The molecule has 11 atom stereocenters. The first-order valence-corrected chi connectivity index (χ1v) is 13.5. The summed E-state index contributed by atoms with van der Waals surface area (Å²) < 4.78 is 11.9. The third-order valence-electron chi connectivity index (χ3n) is 10.9. The lowest BCUT2D eigenvalue weighted by Crippen LogP contribution is -2.58. The van der Waals surface area contributed by atoms with Gasteiger partial charge in [0, 0.05) is 25.2 Å². The molecule has 4 fully saturated rings. The minimum Gasteiger partial charge on any atom is -0.462 e. The molecule has 0 aromatic heterocycles. The first kappa shape index (κ1) is 25.0. The number of fused-ring (bicyclic) bond motifs is 5. The van der Waals surface area contributed by atoms with Crippen molar-refractivity contribution in [1.82, 2.24) is 0 Å². The lowest BCUT2D eigenvalue weighted by Gasteiger charge is -2.63. The van der Waals surface area contributed by atoms with Crippen molar-refractivity contribution in [2.24, 2.45) is 46.3 Å². The van der Waals surface area contributed by atoms with E-state index < -0.39 is 0 Å². The van der Waals surface area contributed by atoms with Crippen LogP contribution in [0.3, 0.4) is 0 Å². The fraction of sp³-hybridized carbons (Fsp3) is 0.929. The molecule has 1 unspecified atom stereocenters. The van der Waals surface area contributed by atoms with Crippen LogP contribution >= 0.6 is 0 Å². The molecule has 0 aromatic rings. The quantitative estimate of drug-likeness (QED) is 0.544. The van der Waals surface area contributed by atoms with E-state index in [0.717, 1.165) is 38.5 Å². The molecule has 188 valence electrons. The summed E-state index contributed by atoms with van der Waals surface area (Å²) in [5.74, 6) is 2.50. The van der Waals surface area contributed by atoms with Crippen molar-refractivity contribution in [2.75, 3.05) is 0 Å². The molecule has 1 N–H and O–H groups in total. The molecule has 4 rings (SSSR count). The molecular formula is C28H46O5. The minimum absolute atomic E-state index is 0.0652. The van der Waals surface area contributed by atoms with E-state index in [-0.39, 0.29) is 47.0 Å². The van der Waals surface area contributed by atoms with Gasteiger partial charge in [-0.3, -0.25) is 9.59 Å². The van der Waals surface area contributed by atoms with Crippen molar-refractivity contribution in [2.45, 2.75) is 118 Å². The van der Waals surface area contributed by atoms with Gasteiger partial charge in [0.1, 0.15) is 12.2 Å². The Balaban J connectivity index is 1.71. The Morgan fingerprint density at radius 1 is 1.06 bits per heavy atom. The van der Waals surface area contributed by atoms with Crippen LogP contribution in [0.25, 0.3) is 0 Å². The summed E-state index contributed by atoms with van der Waals surface area (Å²) in [4.78, 5) is 24.1. The topological polar surface area (TPSA) is 72.8 Å². The Morgan fingerprint density at radius 3 is 2.42 bits per heavy atom. The molecule has 0 heterocycles. The fourth-order valence-corrected chi connectivity index (χ4v) is 9.44. The molecule has 0 amide bonds. The van der Waals surface area contributed by atoms with Crippen molar-refractivity contribution < 1.29 is 24.2 Å². The van der Waals surface area contributed by atoms with Crippen LogP contribution < -0.4 is 0 Å². The van der Waals surface area contributed by atoms with E-state index in [2.05, 4.69) is 27.7 Å². The molecule has 4 aliphatic rings. The smallest absolute Gasteiger partial charge is 0.302 e. The van der Waals surface area contributed by atoms with E-state index in [0.29, 0.717) is 29.6 Å². The zero-order valence-electron chi connectivity index (χ0n) is 21.6. The molecule has 0 radical (unpaired) electrons. The standard InChI is InChI=1S/C28H46O5/c1-7-8-24(32-17(3)29)22-15-25(33-18(4)30)27(5)12-11-23-21(26(22)27)10-9-19-14-20(31)13-16(2)28(19,23)6/h16,19-26,31H,7-15H2,1-6H3/t16-,19-,20+,21+,22-,23-,24?,25-,26+,27+,28-/m0/s1. The number of hydrogen-bond acceptors (Lipinski definition) is 5. The fourth-order valence-electron chi connectivity index (χ4n) is 9.44. The summed E-state index contributed by atoms with van der Waals surface area (Å²) >= 11 is 0. The molecule has 0 aromatic carbocycles. The van der Waals surface area contributed by atoms with Crippen molar-refractivity contribution in [3.8, 4) is 0 Å². The monoisotopic (exact) mass is 462 g/mol. The summed E-state index contributed by atoms with van der Waals surface area (Å²) in [6.07, 6.45) is 8.69. The number of aliphatic hydroxyl groups excluding tert-OH is 1. The van der Waals surface area contributed by atoms with Gasteiger partial charge in [0.2, 0.25) is 0 Å². The maximum atomic E-state index is 12.1. The lowest BCUT2D eigenvalue weighted by atomic mass is 9.42. The van der Waals surface area contributed by atoms with Crippen molar-refractivity contribution in [3.05, 3.63) is 0 Å². The number of carbonyl (C=O) groups excluding carboxylic acids is 2. The van der Waals surface area contributed by atoms with Gasteiger partial charge in [-0.05, 0) is 86.4 Å². The number of rotatable bonds is 5. The normalized spacial score (nSPS) is 47.6. The lowest BCUT2D eigenvalue weighted by molar-refractivity contribution is -0.177. The molecular weight excluding hydrogens is 416 g/mol. The molecule has 0 spiro atoms. The van der Waals surface area contributed by atoms with Crippen LogP contribution in [-0.2, 0) is 19.1 Å². The summed E-state index contributed by atoms with van der Waals surface area (Å²) in [6.45, 7) is 12.4. The summed E-state index contributed by atoms with van der Waals surface area (Å²) in [6, 6.07) is 0. The van der Waals surface area contributed by atoms with E-state index in [4.69, 9.17) is 9.47 Å². The van der Waals surface area contributed by atoms with E-state index in [1.54, 1.807) is 0 Å². The molecule has 0 saturated heterocycles. The molecule has 33 heavy (non-hydrogen) atoms. The highest BCUT2D eigenvalue weighted by atomic mass is 16.6. The van der Waals surface area contributed by atoms with Crippen LogP contribution in [0.15, 0.2) is 0 Å². The van der Waals surface area contributed by atoms with Crippen molar-refractivity contribution >= 4 is 11.9 Å². The first-order chi connectivity index (χ1) is 15.5. The van der Waals surface area contributed by atoms with E-state index in [1.165, 1.54) is 33.1 Å². The minimum atomic E-state index is -0.205. The number of ether oxygens (including phenoxy) is 2. The molecule has 4 saturated carbocycles. The largest absolute Gasteiger partial charge is 0.462 e. The van der Waals surface area contributed by atoms with Gasteiger partial charge >= 0.3 is 11.9 Å². The third kappa shape index (κ3) is 4.15. The van der Waals surface area contributed by atoms with Gasteiger partial charge in [0.05, 0.1) is 6.10 Å². The molecule has 5 nitrogen and oxygen atoms in total. The average molecular weight is 463 g/mol. The second-order valence-electron chi connectivity index (χ2n) is 12.4. The Kier molecular flexibility index (Phi) is 6.95. The Bertz CT molecular complexity index is 751. The van der Waals surface area contributed by atoms with Gasteiger partial charge in [-0.25, -0.2) is 0 Å². The van der Waals surface area contributed by atoms with Gasteiger partial charge in [-0.2, -0.15) is 0 Å². The van der Waals surface area contributed by atoms with E-state index >= 15 is 0 Å². The van der Waals surface area contributed by atoms with Gasteiger partial charge in [-0.1, -0.05) is 34.1 Å². The van der Waals surface area contributed by atoms with Gasteiger partial charge in [0.25, 0.3) is 0 Å². The van der Waals surface area contributed by atoms with Crippen LogP contribution in [0.5, 0.6) is 0 Å². The van der Waals surface area contributed by atoms with E-state index in [1.807, 2.05) is 0 Å². The highest BCUT2D eigenvalue weighted by Crippen LogP contribution is 2.69. The van der Waals surface area contributed by atoms with Crippen molar-refractivity contribution in [3.63, 3.8) is 0 Å². The summed E-state index contributed by atoms with van der Waals surface area (Å²) in [7, 11) is 0. The van der Waals surface area contributed by atoms with Crippen LogP contribution in [0.2, 0.25) is 0 Å². The predicted octanol–water partition coefficient (Wildman–Crippen LogP) is 5.53. The van der Waals surface area contributed by atoms with Gasteiger partial charge < -0.3 is 14.6 Å². The Labute approximate surface area is 200 Å². The van der Waals surface area contributed by atoms with Gasteiger partial charge in [0.15, 0.2) is 0 Å².